The van der Waals surface area contributed by atoms with Crippen LogP contribution in [-0.4, -0.2) is 39.6 Å². The topological polar surface area (TPSA) is 101 Å². The van der Waals surface area contributed by atoms with Crippen molar-refractivity contribution in [1.82, 2.24) is 0 Å². The number of aliphatic hydroxyl groups excluding tert-OH is 3. The van der Waals surface area contributed by atoms with Crippen molar-refractivity contribution in [3.63, 3.8) is 0 Å². The van der Waals surface area contributed by atoms with Gasteiger partial charge in [-0.1, -0.05) is 90.9 Å². The van der Waals surface area contributed by atoms with Crippen molar-refractivity contribution in [1.29, 1.82) is 0 Å². The largest absolute Gasteiger partial charge is 0.550 e. The summed E-state index contributed by atoms with van der Waals surface area (Å²) in [6.45, 7) is 14.9. The molecule has 6 heteroatoms. The van der Waals surface area contributed by atoms with Crippen molar-refractivity contribution in [2.24, 2.45) is 5.92 Å². The number of aliphatic carboxylic acids is 1. The van der Waals surface area contributed by atoms with E-state index in [0.717, 1.165) is 18.8 Å². The molecule has 0 saturated heterocycles. The van der Waals surface area contributed by atoms with Crippen LogP contribution in [0.25, 0.3) is 0 Å². The molecule has 0 spiro atoms. The summed E-state index contributed by atoms with van der Waals surface area (Å²) in [7, 11) is 0. The van der Waals surface area contributed by atoms with Crippen LogP contribution in [0.3, 0.4) is 0 Å². The van der Waals surface area contributed by atoms with Gasteiger partial charge in [-0.15, -0.1) is 0 Å². The Morgan fingerprint density at radius 2 is 0.758 bits per heavy atom. The van der Waals surface area contributed by atoms with E-state index in [4.69, 9.17) is 15.3 Å². The van der Waals surface area contributed by atoms with Crippen LogP contribution in [0.2, 0.25) is 0 Å². The predicted molar refractivity (Wildman–Crippen MR) is 137 cm³/mol. The molecule has 0 heterocycles. The number of hydrogen-bond acceptors (Lipinski definition) is 5. The van der Waals surface area contributed by atoms with Gasteiger partial charge < -0.3 is 25.2 Å². The second kappa shape index (κ2) is 36.6. The van der Waals surface area contributed by atoms with Gasteiger partial charge in [-0.2, -0.15) is 0 Å². The fraction of sp³-hybridized carbons (Fsp3) is 0.963. The van der Waals surface area contributed by atoms with Gasteiger partial charge in [0, 0.05) is 46.0 Å². The van der Waals surface area contributed by atoms with Crippen molar-refractivity contribution < 1.29 is 46.9 Å². The number of carboxylic acid groups (broad SMARTS) is 1. The second-order valence-corrected chi connectivity index (χ2v) is 9.83. The van der Waals surface area contributed by atoms with Gasteiger partial charge in [0.05, 0.1) is 0 Å². The van der Waals surface area contributed by atoms with Gasteiger partial charge in [0.1, 0.15) is 0 Å². The average Bonchev–Trinajstić information content (AvgIpc) is 2.60. The number of unbranched alkanes of at least 4 members (excludes halogenated alkanes) is 11. The van der Waals surface area contributed by atoms with Crippen LogP contribution in [0.1, 0.15) is 145 Å². The number of carbonyl (C=O) groups is 1. The van der Waals surface area contributed by atoms with E-state index >= 15 is 0 Å². The number of carboxylic acids is 1. The first-order valence-electron chi connectivity index (χ1n) is 13.1. The summed E-state index contributed by atoms with van der Waals surface area (Å²) in [6.07, 6.45) is 16.5. The van der Waals surface area contributed by atoms with Crippen molar-refractivity contribution >= 4 is 5.97 Å². The molecule has 0 unspecified atom stereocenters. The molecule has 0 atom stereocenters. The summed E-state index contributed by atoms with van der Waals surface area (Å²) in [5, 5.41) is 34.4. The molecule has 5 nitrogen and oxygen atoms in total. The average molecular weight is 512 g/mol. The summed E-state index contributed by atoms with van der Waals surface area (Å²) in [4.78, 5) is 10.2. The third-order valence-corrected chi connectivity index (χ3v) is 3.91. The molecular weight excluding hydrogens is 452 g/mol. The molecule has 0 aromatic carbocycles. The van der Waals surface area contributed by atoms with E-state index < -0.39 is 5.97 Å². The van der Waals surface area contributed by atoms with E-state index in [-0.39, 0.29) is 46.5 Å². The molecular formula is C27H59O5Ti-. The Labute approximate surface area is 222 Å². The first-order chi connectivity index (χ1) is 14.8. The first-order valence-corrected chi connectivity index (χ1v) is 13.1. The molecule has 0 aromatic heterocycles. The van der Waals surface area contributed by atoms with E-state index in [1.165, 1.54) is 70.6 Å². The Hall–Kier alpha value is 0.0643. The van der Waals surface area contributed by atoms with Crippen LogP contribution in [-0.2, 0) is 26.5 Å². The van der Waals surface area contributed by atoms with Crippen molar-refractivity contribution in [2.45, 2.75) is 164 Å². The molecule has 0 fully saturated rings. The monoisotopic (exact) mass is 511 g/mol. The third kappa shape index (κ3) is 99.5. The number of hydrogen-bond donors (Lipinski definition) is 3. The predicted octanol–water partition coefficient (Wildman–Crippen LogP) is 6.01. The van der Waals surface area contributed by atoms with Gasteiger partial charge >= 0.3 is 0 Å². The Balaban J connectivity index is -0.000000165. The van der Waals surface area contributed by atoms with Gasteiger partial charge in [0.15, 0.2) is 0 Å². The minimum Gasteiger partial charge on any atom is -0.550 e. The molecule has 0 radical (unpaired) electrons. The fourth-order valence-corrected chi connectivity index (χ4v) is 2.59. The summed E-state index contributed by atoms with van der Waals surface area (Å²) in [6, 6.07) is 0. The van der Waals surface area contributed by atoms with Gasteiger partial charge in [-0.3, -0.25) is 0 Å². The Morgan fingerprint density at radius 1 is 0.545 bits per heavy atom. The van der Waals surface area contributed by atoms with E-state index in [2.05, 4.69) is 13.8 Å². The van der Waals surface area contributed by atoms with E-state index in [1.807, 2.05) is 0 Å². The van der Waals surface area contributed by atoms with E-state index in [1.54, 1.807) is 41.5 Å². The number of aliphatic hydroxyl groups is 3. The normalized spacial score (nSPS) is 10.0. The molecule has 33 heavy (non-hydrogen) atoms. The van der Waals surface area contributed by atoms with Crippen LogP contribution < -0.4 is 5.11 Å². The molecule has 0 aromatic rings. The summed E-state index contributed by atoms with van der Waals surface area (Å²) < 4.78 is 0. The summed E-state index contributed by atoms with van der Waals surface area (Å²) in [5.41, 5.74) is 0. The Kier molecular flexibility index (Phi) is 47.9. The maximum atomic E-state index is 10.2. The van der Waals surface area contributed by atoms with Crippen molar-refractivity contribution in [2.75, 3.05) is 0 Å². The van der Waals surface area contributed by atoms with Crippen molar-refractivity contribution in [3.05, 3.63) is 0 Å². The van der Waals surface area contributed by atoms with Gasteiger partial charge in [0.2, 0.25) is 0 Å². The minimum absolute atomic E-state index is 0. The zero-order valence-corrected chi connectivity index (χ0v) is 24.9. The molecule has 0 bridgehead atoms. The van der Waals surface area contributed by atoms with Crippen LogP contribution in [0.4, 0.5) is 0 Å². The van der Waals surface area contributed by atoms with Crippen LogP contribution in [0.15, 0.2) is 0 Å². The van der Waals surface area contributed by atoms with Crippen LogP contribution in [0.5, 0.6) is 0 Å². The molecule has 0 saturated carbocycles. The standard InChI is InChI=1S/C18H36O2.3C3H8O.Ti/c1-17(2)15-13-11-9-7-5-3-4-6-8-10-12-14-16-18(19)20;3*1-3(2)4;/h17H,3-16H2,1-2H3,(H,19,20);3*3-4H,1-2H3;/p-1. The summed E-state index contributed by atoms with van der Waals surface area (Å²) in [5.74, 6) is -0.0415. The van der Waals surface area contributed by atoms with E-state index in [9.17, 15) is 9.90 Å². The minimum atomic E-state index is -0.904. The zero-order chi connectivity index (χ0) is 25.8. The van der Waals surface area contributed by atoms with Gasteiger partial charge in [-0.25, -0.2) is 0 Å². The SMILES string of the molecule is CC(C)CCCCCCCCCCCCCCC(=O)[O-].CC(C)O.CC(C)O.CC(C)O.[Ti]. The smallest absolute Gasteiger partial charge is 0.0483 e. The molecule has 202 valence electrons. The maximum Gasteiger partial charge on any atom is 0.0483 e. The van der Waals surface area contributed by atoms with Crippen molar-refractivity contribution in [3.8, 4) is 0 Å². The van der Waals surface area contributed by atoms with Crippen LogP contribution >= 0.6 is 0 Å². The third-order valence-electron chi connectivity index (χ3n) is 3.91. The zero-order valence-electron chi connectivity index (χ0n) is 23.4. The Bertz CT molecular complexity index is 312. The molecule has 0 aliphatic rings. The second-order valence-electron chi connectivity index (χ2n) is 9.83. The first kappa shape index (κ1) is 43.2. The number of carbonyl (C=O) groups excluding carboxylic acids is 1. The molecule has 0 amide bonds. The van der Waals surface area contributed by atoms with E-state index in [0.29, 0.717) is 0 Å². The molecule has 0 aliphatic carbocycles. The van der Waals surface area contributed by atoms with Gasteiger partial charge in [-0.05, 0) is 60.3 Å². The quantitative estimate of drug-likeness (QED) is 0.185. The van der Waals surface area contributed by atoms with Gasteiger partial charge in [0.25, 0.3) is 0 Å². The van der Waals surface area contributed by atoms with Crippen LogP contribution in [0, 0.1) is 5.92 Å². The molecule has 0 rings (SSSR count). The fourth-order valence-electron chi connectivity index (χ4n) is 2.59. The maximum absolute atomic E-state index is 10.2. The number of rotatable bonds is 15. The molecule has 3 N–H and O–H groups in total. The Morgan fingerprint density at radius 3 is 0.970 bits per heavy atom. The summed E-state index contributed by atoms with van der Waals surface area (Å²) >= 11 is 0. The molecule has 0 aliphatic heterocycles.